The molecule has 5 atom stereocenters. The molecule has 168 valence electrons. The highest BCUT2D eigenvalue weighted by atomic mass is 35.5. The molecule has 1 aromatic rings. The first-order chi connectivity index (χ1) is 14.8. The number of benzene rings is 1. The van der Waals surface area contributed by atoms with E-state index in [4.69, 9.17) is 27.9 Å². The summed E-state index contributed by atoms with van der Waals surface area (Å²) < 4.78 is 5.95. The average molecular weight is 463 g/mol. The Balaban J connectivity index is 1.22. The highest BCUT2D eigenvalue weighted by Crippen LogP contribution is 2.56. The maximum atomic E-state index is 12.9. The van der Waals surface area contributed by atoms with Gasteiger partial charge in [0.2, 0.25) is 0 Å². The quantitative estimate of drug-likeness (QED) is 0.442. The fraction of sp³-hybridized carbons (Fsp3) is 0.640. The van der Waals surface area contributed by atoms with Crippen molar-refractivity contribution in [3.63, 3.8) is 0 Å². The lowest BCUT2D eigenvalue weighted by molar-refractivity contribution is -0.146. The first kappa shape index (κ1) is 21.6. The summed E-state index contributed by atoms with van der Waals surface area (Å²) in [7, 11) is 0. The molecule has 2 aliphatic carbocycles. The zero-order valence-electron chi connectivity index (χ0n) is 18.3. The van der Waals surface area contributed by atoms with Gasteiger partial charge >= 0.3 is 5.97 Å². The minimum Gasteiger partial charge on any atom is -0.462 e. The Bertz CT molecular complexity index is 882. The number of anilines is 1. The van der Waals surface area contributed by atoms with Gasteiger partial charge in [-0.05, 0) is 61.6 Å². The van der Waals surface area contributed by atoms with Gasteiger partial charge in [0, 0.05) is 44.3 Å². The summed E-state index contributed by atoms with van der Waals surface area (Å²) in [5.41, 5.74) is 2.77. The molecule has 2 aliphatic heterocycles. The molecule has 0 aromatic heterocycles. The van der Waals surface area contributed by atoms with Gasteiger partial charge in [-0.25, -0.2) is 0 Å². The maximum Gasteiger partial charge on any atom is 0.310 e. The molecule has 5 rings (SSSR count). The minimum atomic E-state index is 0.000743. The number of piperazine rings is 1. The fourth-order valence-corrected chi connectivity index (χ4v) is 6.91. The SMILES string of the molecule is C=C1CCC[C@]2(C)C[C@H]3OC(=O)[C@@H](CN4CCN(c5ccc(Cl)c(Cl)c5)CC4)[C@H]3C[C@@H]12. The van der Waals surface area contributed by atoms with Crippen LogP contribution in [0.15, 0.2) is 30.4 Å². The van der Waals surface area contributed by atoms with Crippen LogP contribution in [0.25, 0.3) is 0 Å². The summed E-state index contributed by atoms with van der Waals surface area (Å²) in [6.45, 7) is 11.3. The lowest BCUT2D eigenvalue weighted by atomic mass is 9.55. The molecule has 4 fully saturated rings. The van der Waals surface area contributed by atoms with Gasteiger partial charge in [0.05, 0.1) is 16.0 Å². The Labute approximate surface area is 195 Å². The molecular formula is C25H32Cl2N2O2. The summed E-state index contributed by atoms with van der Waals surface area (Å²) in [5.74, 6) is 0.912. The Morgan fingerprint density at radius 3 is 2.71 bits per heavy atom. The number of ether oxygens (including phenoxy) is 1. The van der Waals surface area contributed by atoms with Gasteiger partial charge in [0.15, 0.2) is 0 Å². The topological polar surface area (TPSA) is 32.8 Å². The number of hydrogen-bond acceptors (Lipinski definition) is 4. The lowest BCUT2D eigenvalue weighted by Crippen LogP contribution is -2.50. The zero-order chi connectivity index (χ0) is 21.8. The number of fused-ring (bicyclic) bond motifs is 2. The summed E-state index contributed by atoms with van der Waals surface area (Å²) in [6, 6.07) is 5.82. The zero-order valence-corrected chi connectivity index (χ0v) is 19.8. The van der Waals surface area contributed by atoms with Gasteiger partial charge in [-0.2, -0.15) is 0 Å². The largest absolute Gasteiger partial charge is 0.462 e. The van der Waals surface area contributed by atoms with Crippen molar-refractivity contribution in [1.82, 2.24) is 4.90 Å². The van der Waals surface area contributed by atoms with Crippen molar-refractivity contribution in [3.8, 4) is 0 Å². The molecule has 0 spiro atoms. The van der Waals surface area contributed by atoms with Crippen LogP contribution >= 0.6 is 23.2 Å². The molecule has 0 amide bonds. The molecule has 1 aromatic carbocycles. The number of esters is 1. The van der Waals surface area contributed by atoms with Crippen LogP contribution in [0.5, 0.6) is 0 Å². The van der Waals surface area contributed by atoms with Crippen LogP contribution < -0.4 is 4.90 Å². The van der Waals surface area contributed by atoms with Crippen LogP contribution in [-0.4, -0.2) is 49.7 Å². The molecule has 31 heavy (non-hydrogen) atoms. The minimum absolute atomic E-state index is 0.000743. The van der Waals surface area contributed by atoms with Gasteiger partial charge in [0.1, 0.15) is 6.10 Å². The molecule has 0 bridgehead atoms. The molecule has 4 nitrogen and oxygen atoms in total. The number of carbonyl (C=O) groups is 1. The maximum absolute atomic E-state index is 12.9. The van der Waals surface area contributed by atoms with Gasteiger partial charge in [-0.1, -0.05) is 42.3 Å². The van der Waals surface area contributed by atoms with Crippen LogP contribution in [0.2, 0.25) is 10.0 Å². The second-order valence-electron chi connectivity index (χ2n) is 10.3. The van der Waals surface area contributed by atoms with E-state index >= 15 is 0 Å². The highest BCUT2D eigenvalue weighted by Gasteiger charge is 2.55. The van der Waals surface area contributed by atoms with Gasteiger partial charge in [-0.15, -0.1) is 0 Å². The molecule has 2 saturated carbocycles. The average Bonchev–Trinajstić information content (AvgIpc) is 3.03. The summed E-state index contributed by atoms with van der Waals surface area (Å²) in [6.07, 6.45) is 5.78. The molecular weight excluding hydrogens is 431 g/mol. The van der Waals surface area contributed by atoms with Crippen molar-refractivity contribution < 1.29 is 9.53 Å². The number of carbonyl (C=O) groups excluding carboxylic acids is 1. The van der Waals surface area contributed by atoms with Crippen LogP contribution in [-0.2, 0) is 9.53 Å². The third kappa shape index (κ3) is 4.00. The molecule has 2 saturated heterocycles. The Kier molecular flexibility index (Phi) is 5.77. The summed E-state index contributed by atoms with van der Waals surface area (Å²) >= 11 is 12.3. The van der Waals surface area contributed by atoms with Crippen molar-refractivity contribution >= 4 is 34.9 Å². The molecule has 0 N–H and O–H groups in total. The van der Waals surface area contributed by atoms with Crippen molar-refractivity contribution in [3.05, 3.63) is 40.4 Å². The molecule has 0 unspecified atom stereocenters. The van der Waals surface area contributed by atoms with E-state index in [-0.39, 0.29) is 23.4 Å². The molecule has 6 heteroatoms. The van der Waals surface area contributed by atoms with Gasteiger partial charge in [0.25, 0.3) is 0 Å². The predicted octanol–water partition coefficient (Wildman–Crippen LogP) is 5.43. The second-order valence-corrected chi connectivity index (χ2v) is 11.1. The van der Waals surface area contributed by atoms with Crippen LogP contribution in [0.3, 0.4) is 0 Å². The first-order valence-electron chi connectivity index (χ1n) is 11.6. The number of nitrogens with zero attached hydrogens (tertiary/aromatic N) is 2. The number of hydrogen-bond donors (Lipinski definition) is 0. The lowest BCUT2D eigenvalue weighted by Gasteiger charge is -2.50. The molecule has 2 heterocycles. The second kappa shape index (κ2) is 8.28. The third-order valence-corrected chi connectivity index (χ3v) is 9.15. The fourth-order valence-electron chi connectivity index (χ4n) is 6.61. The van der Waals surface area contributed by atoms with E-state index < -0.39 is 0 Å². The predicted molar refractivity (Wildman–Crippen MR) is 126 cm³/mol. The number of allylic oxidation sites excluding steroid dienone is 1. The summed E-state index contributed by atoms with van der Waals surface area (Å²) in [4.78, 5) is 17.6. The highest BCUT2D eigenvalue weighted by molar-refractivity contribution is 6.42. The third-order valence-electron chi connectivity index (χ3n) is 8.42. The standard InChI is InChI=1S/C25H32Cl2N2O2/c1-16-4-3-7-25(2)14-23-18(13-20(16)25)19(24(30)31-23)15-28-8-10-29(11-9-28)17-5-6-21(26)22(27)12-17/h5-6,12,18-20,23H,1,3-4,7-11,13-15H2,2H3/t18-,19+,20+,23-,25-/m1/s1. The van der Waals surface area contributed by atoms with Gasteiger partial charge in [-0.3, -0.25) is 9.69 Å². The molecule has 4 aliphatic rings. The van der Waals surface area contributed by atoms with Crippen LogP contribution in [0.4, 0.5) is 5.69 Å². The van der Waals surface area contributed by atoms with Crippen molar-refractivity contribution in [2.75, 3.05) is 37.6 Å². The van der Waals surface area contributed by atoms with E-state index in [0.717, 1.165) is 57.7 Å². The van der Waals surface area contributed by atoms with Crippen LogP contribution in [0, 0.1) is 23.2 Å². The normalized spacial score (nSPS) is 36.2. The van der Waals surface area contributed by atoms with E-state index in [2.05, 4.69) is 23.3 Å². The van der Waals surface area contributed by atoms with Crippen molar-refractivity contribution in [1.29, 1.82) is 0 Å². The Morgan fingerprint density at radius 1 is 1.19 bits per heavy atom. The number of rotatable bonds is 3. The molecule has 0 radical (unpaired) electrons. The van der Waals surface area contributed by atoms with Crippen molar-refractivity contribution in [2.24, 2.45) is 23.2 Å². The Morgan fingerprint density at radius 2 is 1.97 bits per heavy atom. The Hall–Kier alpha value is -1.23. The monoisotopic (exact) mass is 462 g/mol. The number of halogens is 2. The summed E-state index contributed by atoms with van der Waals surface area (Å²) in [5, 5.41) is 1.18. The van der Waals surface area contributed by atoms with E-state index in [9.17, 15) is 4.79 Å². The first-order valence-corrected chi connectivity index (χ1v) is 12.4. The van der Waals surface area contributed by atoms with E-state index in [1.54, 1.807) is 0 Å². The van der Waals surface area contributed by atoms with E-state index in [1.165, 1.54) is 18.4 Å². The van der Waals surface area contributed by atoms with E-state index in [0.29, 0.717) is 21.9 Å². The van der Waals surface area contributed by atoms with Crippen molar-refractivity contribution in [2.45, 2.75) is 45.1 Å². The van der Waals surface area contributed by atoms with E-state index in [1.807, 2.05) is 18.2 Å². The van der Waals surface area contributed by atoms with Crippen LogP contribution in [0.1, 0.15) is 39.0 Å². The van der Waals surface area contributed by atoms with Gasteiger partial charge < -0.3 is 9.64 Å². The smallest absolute Gasteiger partial charge is 0.310 e.